The van der Waals surface area contributed by atoms with Crippen molar-refractivity contribution >= 4 is 11.6 Å². The van der Waals surface area contributed by atoms with Gasteiger partial charge < -0.3 is 14.8 Å². The van der Waals surface area contributed by atoms with Crippen LogP contribution in [-0.2, 0) is 9.53 Å². The van der Waals surface area contributed by atoms with Gasteiger partial charge in [0, 0.05) is 12.7 Å². The lowest BCUT2D eigenvalue weighted by molar-refractivity contribution is -0.141. The molecule has 1 aromatic rings. The van der Waals surface area contributed by atoms with Crippen LogP contribution in [0.2, 0.25) is 0 Å². The van der Waals surface area contributed by atoms with Gasteiger partial charge >= 0.3 is 0 Å². The van der Waals surface area contributed by atoms with Gasteiger partial charge in [-0.25, -0.2) is 4.98 Å². The molecule has 1 saturated carbocycles. The first-order valence-corrected chi connectivity index (χ1v) is 7.57. The summed E-state index contributed by atoms with van der Waals surface area (Å²) in [6, 6.07) is 1.88. The molecule has 2 rings (SSSR count). The molecule has 1 aliphatic rings. The third-order valence-electron chi connectivity index (χ3n) is 4.03. The lowest BCUT2D eigenvalue weighted by atomic mass is 9.84. The molecule has 1 aliphatic carbocycles. The van der Waals surface area contributed by atoms with Crippen molar-refractivity contribution in [2.45, 2.75) is 51.6 Å². The molecule has 0 unspecified atom stereocenters. The zero-order chi connectivity index (χ0) is 15.3. The van der Waals surface area contributed by atoms with Crippen LogP contribution in [0.5, 0.6) is 5.88 Å². The summed E-state index contributed by atoms with van der Waals surface area (Å²) < 4.78 is 11.0. The van der Waals surface area contributed by atoms with Crippen LogP contribution in [0.4, 0.5) is 5.69 Å². The lowest BCUT2D eigenvalue weighted by Crippen LogP contribution is -2.46. The van der Waals surface area contributed by atoms with Crippen molar-refractivity contribution in [2.24, 2.45) is 0 Å². The number of nitrogens with zero attached hydrogens (tertiary/aromatic N) is 1. The molecule has 1 fully saturated rings. The quantitative estimate of drug-likeness (QED) is 0.906. The highest BCUT2D eigenvalue weighted by Gasteiger charge is 2.39. The van der Waals surface area contributed by atoms with Gasteiger partial charge in [0.2, 0.25) is 5.88 Å². The van der Waals surface area contributed by atoms with Gasteiger partial charge in [-0.15, -0.1) is 0 Å². The third kappa shape index (κ3) is 3.53. The Morgan fingerprint density at radius 2 is 2.10 bits per heavy atom. The second kappa shape index (κ2) is 6.89. The van der Waals surface area contributed by atoms with Crippen LogP contribution in [0.3, 0.4) is 0 Å². The summed E-state index contributed by atoms with van der Waals surface area (Å²) in [6.07, 6.45) is 6.41. The zero-order valence-corrected chi connectivity index (χ0v) is 13.1. The Hall–Kier alpha value is -1.62. The molecule has 1 amide bonds. The number of carbonyl (C=O) groups is 1. The first-order valence-electron chi connectivity index (χ1n) is 7.57. The number of pyridine rings is 1. The van der Waals surface area contributed by atoms with E-state index < -0.39 is 5.60 Å². The molecule has 0 radical (unpaired) electrons. The van der Waals surface area contributed by atoms with E-state index in [2.05, 4.69) is 10.3 Å². The van der Waals surface area contributed by atoms with E-state index in [1.165, 1.54) is 6.42 Å². The molecule has 5 heteroatoms. The average molecular weight is 292 g/mol. The van der Waals surface area contributed by atoms with E-state index in [0.717, 1.165) is 31.2 Å². The molecule has 0 aliphatic heterocycles. The van der Waals surface area contributed by atoms with Crippen LogP contribution in [0, 0.1) is 6.92 Å². The maximum absolute atomic E-state index is 12.5. The Labute approximate surface area is 126 Å². The fourth-order valence-corrected chi connectivity index (χ4v) is 2.81. The summed E-state index contributed by atoms with van der Waals surface area (Å²) in [7, 11) is 1.62. The maximum atomic E-state index is 12.5. The predicted molar refractivity (Wildman–Crippen MR) is 81.6 cm³/mol. The van der Waals surface area contributed by atoms with Crippen molar-refractivity contribution in [1.82, 2.24) is 4.98 Å². The second-order valence-electron chi connectivity index (χ2n) is 5.49. The van der Waals surface area contributed by atoms with E-state index >= 15 is 0 Å². The fourth-order valence-electron chi connectivity index (χ4n) is 2.81. The lowest BCUT2D eigenvalue weighted by Gasteiger charge is -2.34. The van der Waals surface area contributed by atoms with Gasteiger partial charge in [0.05, 0.1) is 18.5 Å². The van der Waals surface area contributed by atoms with E-state index in [1.54, 1.807) is 13.3 Å². The van der Waals surface area contributed by atoms with Crippen LogP contribution < -0.4 is 10.1 Å². The summed E-state index contributed by atoms with van der Waals surface area (Å²) >= 11 is 0. The van der Waals surface area contributed by atoms with Crippen LogP contribution >= 0.6 is 0 Å². The molecule has 1 heterocycles. The Morgan fingerprint density at radius 3 is 2.67 bits per heavy atom. The number of hydrogen-bond acceptors (Lipinski definition) is 4. The summed E-state index contributed by atoms with van der Waals surface area (Å²) in [4.78, 5) is 16.8. The van der Waals surface area contributed by atoms with Crippen molar-refractivity contribution in [3.8, 4) is 5.88 Å². The highest BCUT2D eigenvalue weighted by molar-refractivity contribution is 5.97. The van der Waals surface area contributed by atoms with Crippen molar-refractivity contribution < 1.29 is 14.3 Å². The summed E-state index contributed by atoms with van der Waals surface area (Å²) in [5, 5.41) is 2.93. The minimum Gasteiger partial charge on any atom is -0.478 e. The molecule has 0 bridgehead atoms. The van der Waals surface area contributed by atoms with Gasteiger partial charge in [-0.05, 0) is 32.8 Å². The van der Waals surface area contributed by atoms with Gasteiger partial charge in [-0.3, -0.25) is 4.79 Å². The first kappa shape index (κ1) is 15.8. The van der Waals surface area contributed by atoms with Crippen LogP contribution in [-0.4, -0.2) is 30.2 Å². The van der Waals surface area contributed by atoms with Crippen molar-refractivity contribution in [3.63, 3.8) is 0 Å². The number of carbonyl (C=O) groups excluding carboxylic acids is 1. The standard InChI is InChI=1S/C16H24N2O3/c1-4-21-14-12(2)10-13(11-17-14)18-15(19)16(20-3)8-6-5-7-9-16/h10-11H,4-9H2,1-3H3,(H,18,19). The van der Waals surface area contributed by atoms with Crippen LogP contribution in [0.1, 0.15) is 44.6 Å². The number of hydrogen-bond donors (Lipinski definition) is 1. The number of ether oxygens (including phenoxy) is 2. The van der Waals surface area contributed by atoms with Gasteiger partial charge in [0.15, 0.2) is 0 Å². The molecule has 0 aromatic carbocycles. The molecule has 5 nitrogen and oxygen atoms in total. The topological polar surface area (TPSA) is 60.5 Å². The van der Waals surface area contributed by atoms with E-state index in [4.69, 9.17) is 9.47 Å². The van der Waals surface area contributed by atoms with Crippen molar-refractivity contribution in [1.29, 1.82) is 0 Å². The molecule has 0 atom stereocenters. The van der Waals surface area contributed by atoms with Gasteiger partial charge in [0.25, 0.3) is 5.91 Å². The summed E-state index contributed by atoms with van der Waals surface area (Å²) in [5.74, 6) is 0.532. The minimum atomic E-state index is -0.690. The number of amides is 1. The monoisotopic (exact) mass is 292 g/mol. The number of nitrogens with one attached hydrogen (secondary N) is 1. The first-order chi connectivity index (χ1) is 10.1. The third-order valence-corrected chi connectivity index (χ3v) is 4.03. The highest BCUT2D eigenvalue weighted by Crippen LogP contribution is 2.32. The Kier molecular flexibility index (Phi) is 5.17. The average Bonchev–Trinajstić information content (AvgIpc) is 2.50. The molecule has 116 valence electrons. The highest BCUT2D eigenvalue weighted by atomic mass is 16.5. The maximum Gasteiger partial charge on any atom is 0.256 e. The number of aryl methyl sites for hydroxylation is 1. The van der Waals surface area contributed by atoms with Crippen LogP contribution in [0.25, 0.3) is 0 Å². The van der Waals surface area contributed by atoms with E-state index in [1.807, 2.05) is 19.9 Å². The van der Waals surface area contributed by atoms with E-state index in [0.29, 0.717) is 18.2 Å². The van der Waals surface area contributed by atoms with Crippen LogP contribution in [0.15, 0.2) is 12.3 Å². The number of rotatable bonds is 5. The molecule has 21 heavy (non-hydrogen) atoms. The molecule has 0 saturated heterocycles. The van der Waals surface area contributed by atoms with Gasteiger partial charge in [-0.1, -0.05) is 19.3 Å². The zero-order valence-electron chi connectivity index (χ0n) is 13.1. The number of anilines is 1. The van der Waals surface area contributed by atoms with E-state index in [-0.39, 0.29) is 5.91 Å². The second-order valence-corrected chi connectivity index (χ2v) is 5.49. The Balaban J connectivity index is 2.09. The largest absolute Gasteiger partial charge is 0.478 e. The molecule has 1 aromatic heterocycles. The van der Waals surface area contributed by atoms with Gasteiger partial charge in [-0.2, -0.15) is 0 Å². The van der Waals surface area contributed by atoms with Gasteiger partial charge in [0.1, 0.15) is 5.60 Å². The normalized spacial score (nSPS) is 17.3. The molecular weight excluding hydrogens is 268 g/mol. The number of methoxy groups -OCH3 is 1. The number of aromatic nitrogens is 1. The summed E-state index contributed by atoms with van der Waals surface area (Å²) in [6.45, 7) is 4.41. The van der Waals surface area contributed by atoms with E-state index in [9.17, 15) is 4.79 Å². The molecular formula is C16H24N2O3. The minimum absolute atomic E-state index is 0.0740. The Bertz CT molecular complexity index is 496. The van der Waals surface area contributed by atoms with Crippen molar-refractivity contribution in [3.05, 3.63) is 17.8 Å². The molecule has 1 N–H and O–H groups in total. The van der Waals surface area contributed by atoms with Crippen molar-refractivity contribution in [2.75, 3.05) is 19.0 Å². The Morgan fingerprint density at radius 1 is 1.38 bits per heavy atom. The summed E-state index contributed by atoms with van der Waals surface area (Å²) in [5.41, 5.74) is 0.901. The molecule has 0 spiro atoms. The SMILES string of the molecule is CCOc1ncc(NC(=O)C2(OC)CCCCC2)cc1C. The predicted octanol–water partition coefficient (Wildman–Crippen LogP) is 3.08. The smallest absolute Gasteiger partial charge is 0.256 e. The fraction of sp³-hybridized carbons (Fsp3) is 0.625.